The molecule has 0 unspecified atom stereocenters. The molecule has 0 bridgehead atoms. The lowest BCUT2D eigenvalue weighted by atomic mass is 9.97. The zero-order valence-corrected chi connectivity index (χ0v) is 13.0. The normalized spacial score (nSPS) is 11.0. The van der Waals surface area contributed by atoms with Crippen LogP contribution in [0.25, 0.3) is 0 Å². The van der Waals surface area contributed by atoms with Crippen LogP contribution < -0.4 is 0 Å². The Hall–Kier alpha value is -0.760. The third-order valence-corrected chi connectivity index (χ3v) is 4.02. The molecule has 0 saturated carbocycles. The Morgan fingerprint density at radius 3 is 2.22 bits per heavy atom. The largest absolute Gasteiger partial charge is 0.293 e. The average molecular weight is 264 g/mol. The van der Waals surface area contributed by atoms with Crippen LogP contribution in [0.2, 0.25) is 0 Å². The fraction of sp³-hybridized carbons (Fsp3) is 0.562. The van der Waals surface area contributed by atoms with E-state index in [1.807, 2.05) is 13.8 Å². The number of hydrogen-bond donors (Lipinski definition) is 0. The lowest BCUT2D eigenvalue weighted by molar-refractivity contribution is 0.102. The molecule has 0 radical (unpaired) electrons. The average Bonchev–Trinajstić information content (AvgIpc) is 2.22. The van der Waals surface area contributed by atoms with Crippen molar-refractivity contribution >= 4 is 17.5 Å². The van der Waals surface area contributed by atoms with Crippen molar-refractivity contribution in [3.63, 3.8) is 0 Å². The highest BCUT2D eigenvalue weighted by Crippen LogP contribution is 2.19. The van der Waals surface area contributed by atoms with Crippen molar-refractivity contribution in [2.45, 2.75) is 41.0 Å². The minimum Gasteiger partial charge on any atom is -0.293 e. The van der Waals surface area contributed by atoms with Gasteiger partial charge in [-0.2, -0.15) is 11.8 Å². The molecule has 2 heteroatoms. The number of thioether (sulfide) groups is 1. The fourth-order valence-electron chi connectivity index (χ4n) is 2.18. The van der Waals surface area contributed by atoms with Gasteiger partial charge in [0.05, 0.1) is 5.75 Å². The second kappa shape index (κ2) is 6.98. The van der Waals surface area contributed by atoms with Crippen LogP contribution in [0, 0.1) is 26.7 Å². The molecular formula is C16H24OS. The molecule has 1 nitrogen and oxygen atoms in total. The zero-order chi connectivity index (χ0) is 13.7. The smallest absolute Gasteiger partial charge is 0.173 e. The molecule has 0 amide bonds. The summed E-state index contributed by atoms with van der Waals surface area (Å²) in [4.78, 5) is 12.2. The summed E-state index contributed by atoms with van der Waals surface area (Å²) in [5, 5.41) is 0. The maximum absolute atomic E-state index is 12.2. The van der Waals surface area contributed by atoms with E-state index < -0.39 is 0 Å². The van der Waals surface area contributed by atoms with E-state index in [2.05, 4.69) is 32.9 Å². The Labute approximate surface area is 115 Å². The first-order chi connectivity index (χ1) is 8.41. The monoisotopic (exact) mass is 264 g/mol. The zero-order valence-electron chi connectivity index (χ0n) is 12.2. The van der Waals surface area contributed by atoms with Crippen molar-refractivity contribution in [2.24, 2.45) is 5.92 Å². The summed E-state index contributed by atoms with van der Waals surface area (Å²) in [6, 6.07) is 4.19. The van der Waals surface area contributed by atoms with E-state index in [0.29, 0.717) is 5.75 Å². The van der Waals surface area contributed by atoms with Gasteiger partial charge >= 0.3 is 0 Å². The Bertz CT molecular complexity index is 398. The van der Waals surface area contributed by atoms with Crippen LogP contribution in [0.15, 0.2) is 12.1 Å². The van der Waals surface area contributed by atoms with Crippen molar-refractivity contribution < 1.29 is 4.79 Å². The first kappa shape index (κ1) is 15.3. The molecule has 0 N–H and O–H groups in total. The number of aryl methyl sites for hydroxylation is 3. The number of hydrogen-bond acceptors (Lipinski definition) is 2. The molecule has 1 rings (SSSR count). The quantitative estimate of drug-likeness (QED) is 0.553. The van der Waals surface area contributed by atoms with E-state index in [9.17, 15) is 4.79 Å². The van der Waals surface area contributed by atoms with Gasteiger partial charge in [0.25, 0.3) is 0 Å². The Morgan fingerprint density at radius 1 is 1.17 bits per heavy atom. The van der Waals surface area contributed by atoms with Gasteiger partial charge in [-0.05, 0) is 50.0 Å². The first-order valence-electron chi connectivity index (χ1n) is 6.60. The lowest BCUT2D eigenvalue weighted by Crippen LogP contribution is -2.08. The molecule has 0 fully saturated rings. The molecule has 0 aliphatic heterocycles. The molecule has 0 aromatic heterocycles. The van der Waals surface area contributed by atoms with E-state index in [0.717, 1.165) is 28.4 Å². The highest BCUT2D eigenvalue weighted by atomic mass is 32.2. The maximum Gasteiger partial charge on any atom is 0.173 e. The fourth-order valence-corrected chi connectivity index (χ4v) is 3.29. The summed E-state index contributed by atoms with van der Waals surface area (Å²) < 4.78 is 0. The Morgan fingerprint density at radius 2 is 1.72 bits per heavy atom. The minimum atomic E-state index is 0.277. The van der Waals surface area contributed by atoms with Crippen LogP contribution in [0.4, 0.5) is 0 Å². The molecular weight excluding hydrogens is 240 g/mol. The van der Waals surface area contributed by atoms with Crippen LogP contribution >= 0.6 is 11.8 Å². The predicted molar refractivity (Wildman–Crippen MR) is 81.8 cm³/mol. The van der Waals surface area contributed by atoms with E-state index >= 15 is 0 Å². The molecule has 100 valence electrons. The standard InChI is InChI=1S/C16H24OS/c1-11(2)6-7-18-10-15(17)16-13(4)8-12(3)9-14(16)5/h8-9,11H,6-7,10H2,1-5H3. The summed E-state index contributed by atoms with van der Waals surface area (Å²) in [5.74, 6) is 2.68. The maximum atomic E-state index is 12.2. The summed E-state index contributed by atoms with van der Waals surface area (Å²) in [6.07, 6.45) is 1.18. The lowest BCUT2D eigenvalue weighted by Gasteiger charge is -2.10. The van der Waals surface area contributed by atoms with Crippen LogP contribution in [0.5, 0.6) is 0 Å². The van der Waals surface area contributed by atoms with Gasteiger partial charge in [0.2, 0.25) is 0 Å². The van der Waals surface area contributed by atoms with Gasteiger partial charge in [-0.3, -0.25) is 4.79 Å². The number of Topliss-reactive ketones (excluding diaryl/α,β-unsaturated/α-hetero) is 1. The van der Waals surface area contributed by atoms with Crippen LogP contribution in [-0.2, 0) is 0 Å². The SMILES string of the molecule is Cc1cc(C)c(C(=O)CSCCC(C)C)c(C)c1. The third-order valence-electron chi connectivity index (χ3n) is 3.03. The van der Waals surface area contributed by atoms with Gasteiger partial charge in [-0.1, -0.05) is 31.5 Å². The molecule has 0 aliphatic carbocycles. The van der Waals surface area contributed by atoms with Gasteiger partial charge in [-0.25, -0.2) is 0 Å². The number of carbonyl (C=O) groups is 1. The van der Waals surface area contributed by atoms with Crippen molar-refractivity contribution in [1.82, 2.24) is 0 Å². The van der Waals surface area contributed by atoms with E-state index in [1.165, 1.54) is 12.0 Å². The van der Waals surface area contributed by atoms with Crippen molar-refractivity contribution in [2.75, 3.05) is 11.5 Å². The Balaban J connectivity index is 2.62. The summed E-state index contributed by atoms with van der Waals surface area (Å²) in [6.45, 7) is 10.6. The predicted octanol–water partition coefficient (Wildman–Crippen LogP) is 4.57. The number of rotatable bonds is 6. The van der Waals surface area contributed by atoms with Crippen LogP contribution in [-0.4, -0.2) is 17.3 Å². The highest BCUT2D eigenvalue weighted by Gasteiger charge is 2.12. The first-order valence-corrected chi connectivity index (χ1v) is 7.76. The number of benzene rings is 1. The van der Waals surface area contributed by atoms with Gasteiger partial charge in [0, 0.05) is 5.56 Å². The summed E-state index contributed by atoms with van der Waals surface area (Å²) in [5.41, 5.74) is 4.38. The molecule has 0 heterocycles. The van der Waals surface area contributed by atoms with Crippen molar-refractivity contribution in [1.29, 1.82) is 0 Å². The summed E-state index contributed by atoms with van der Waals surface area (Å²) in [7, 11) is 0. The van der Waals surface area contributed by atoms with Gasteiger partial charge in [0.1, 0.15) is 0 Å². The van der Waals surface area contributed by atoms with Gasteiger partial charge in [-0.15, -0.1) is 0 Å². The van der Waals surface area contributed by atoms with Gasteiger partial charge in [0.15, 0.2) is 5.78 Å². The molecule has 18 heavy (non-hydrogen) atoms. The summed E-state index contributed by atoms with van der Waals surface area (Å²) >= 11 is 1.76. The number of carbonyl (C=O) groups excluding carboxylic acids is 1. The van der Waals surface area contributed by atoms with Crippen LogP contribution in [0.3, 0.4) is 0 Å². The van der Waals surface area contributed by atoms with E-state index in [1.54, 1.807) is 11.8 Å². The topological polar surface area (TPSA) is 17.1 Å². The molecule has 0 saturated heterocycles. The number of ketones is 1. The van der Waals surface area contributed by atoms with Gasteiger partial charge < -0.3 is 0 Å². The second-order valence-corrected chi connectivity index (χ2v) is 6.54. The Kier molecular flexibility index (Phi) is 5.94. The second-order valence-electron chi connectivity index (χ2n) is 5.43. The highest BCUT2D eigenvalue weighted by molar-refractivity contribution is 7.99. The van der Waals surface area contributed by atoms with Crippen LogP contribution in [0.1, 0.15) is 47.3 Å². The van der Waals surface area contributed by atoms with Crippen molar-refractivity contribution in [3.05, 3.63) is 34.4 Å². The third kappa shape index (κ3) is 4.49. The molecule has 0 atom stereocenters. The molecule has 0 spiro atoms. The molecule has 0 aliphatic rings. The molecule has 1 aromatic carbocycles. The van der Waals surface area contributed by atoms with E-state index in [-0.39, 0.29) is 5.78 Å². The van der Waals surface area contributed by atoms with Crippen molar-refractivity contribution in [3.8, 4) is 0 Å². The van der Waals surface area contributed by atoms with E-state index in [4.69, 9.17) is 0 Å². The molecule has 1 aromatic rings. The minimum absolute atomic E-state index is 0.277.